The molecule has 0 aromatic carbocycles. The Bertz CT molecular complexity index is 468. The van der Waals surface area contributed by atoms with Gasteiger partial charge >= 0.3 is 12.1 Å². The largest absolute Gasteiger partial charge is 0.465 e. The molecule has 0 saturated heterocycles. The number of anilines is 1. The highest BCUT2D eigenvalue weighted by Gasteiger charge is 2.15. The molecule has 0 aliphatic heterocycles. The number of hydrogen-bond acceptors (Lipinski definition) is 7. The van der Waals surface area contributed by atoms with Gasteiger partial charge in [0.1, 0.15) is 10.5 Å². The minimum Gasteiger partial charge on any atom is -0.465 e. The van der Waals surface area contributed by atoms with Gasteiger partial charge in [-0.1, -0.05) is 11.3 Å². The van der Waals surface area contributed by atoms with Gasteiger partial charge in [0.2, 0.25) is 0 Å². The molecule has 112 valence electrons. The summed E-state index contributed by atoms with van der Waals surface area (Å²) in [5.74, 6) is -0.414. The minimum atomic E-state index is -0.512. The Morgan fingerprint density at radius 3 is 2.65 bits per heavy atom. The number of nitrogens with zero attached hydrogens (tertiary/aromatic N) is 1. The minimum absolute atomic E-state index is 0.391. The number of thiazole rings is 1. The molecule has 0 bridgehead atoms. The van der Waals surface area contributed by atoms with E-state index in [9.17, 15) is 9.59 Å². The van der Waals surface area contributed by atoms with Crippen LogP contribution in [0.2, 0.25) is 0 Å². The number of aromatic nitrogens is 1. The summed E-state index contributed by atoms with van der Waals surface area (Å²) in [6, 6.07) is 0. The first-order valence-corrected chi connectivity index (χ1v) is 6.88. The molecular weight excluding hydrogens is 282 g/mol. The molecule has 8 heteroatoms. The molecule has 1 rings (SSSR count). The topological polar surface area (TPSA) is 89.5 Å². The van der Waals surface area contributed by atoms with E-state index in [1.807, 2.05) is 0 Å². The van der Waals surface area contributed by atoms with E-state index in [0.29, 0.717) is 23.1 Å². The lowest BCUT2D eigenvalue weighted by atomic mass is 10.2. The van der Waals surface area contributed by atoms with E-state index >= 15 is 0 Å². The van der Waals surface area contributed by atoms with Gasteiger partial charge in [-0.2, -0.15) is 0 Å². The summed E-state index contributed by atoms with van der Waals surface area (Å²) in [4.78, 5) is 27.0. The summed E-state index contributed by atoms with van der Waals surface area (Å²) in [6.45, 7) is 6.27. The average Bonchev–Trinajstić information content (AvgIpc) is 2.80. The highest BCUT2D eigenvalue weighted by molar-refractivity contribution is 7.17. The Morgan fingerprint density at radius 1 is 1.35 bits per heavy atom. The monoisotopic (exact) mass is 301 g/mol. The van der Waals surface area contributed by atoms with Crippen LogP contribution in [0.4, 0.5) is 9.93 Å². The fourth-order valence-corrected chi connectivity index (χ4v) is 1.96. The van der Waals surface area contributed by atoms with Crippen molar-refractivity contribution in [3.8, 4) is 0 Å². The van der Waals surface area contributed by atoms with Crippen molar-refractivity contribution in [1.82, 2.24) is 10.3 Å². The lowest BCUT2D eigenvalue weighted by molar-refractivity contribution is 0.0528. The van der Waals surface area contributed by atoms with Crippen molar-refractivity contribution in [2.75, 3.05) is 25.5 Å². The highest BCUT2D eigenvalue weighted by atomic mass is 32.1. The van der Waals surface area contributed by atoms with Crippen LogP contribution in [0.15, 0.2) is 6.20 Å². The van der Waals surface area contributed by atoms with Crippen molar-refractivity contribution in [1.29, 1.82) is 0 Å². The van der Waals surface area contributed by atoms with Crippen molar-refractivity contribution in [3.63, 3.8) is 0 Å². The second kappa shape index (κ2) is 7.09. The van der Waals surface area contributed by atoms with Gasteiger partial charge in [-0.3, -0.25) is 0 Å². The number of nitrogens with one attached hydrogen (secondary N) is 2. The lowest BCUT2D eigenvalue weighted by Gasteiger charge is -2.19. The molecule has 0 atom stereocenters. The van der Waals surface area contributed by atoms with Gasteiger partial charge in [0, 0.05) is 13.1 Å². The molecule has 1 aromatic heterocycles. The zero-order valence-corrected chi connectivity index (χ0v) is 12.8. The number of esters is 1. The van der Waals surface area contributed by atoms with E-state index in [2.05, 4.69) is 20.4 Å². The average molecular weight is 301 g/mol. The smallest absolute Gasteiger partial charge is 0.407 e. The van der Waals surface area contributed by atoms with E-state index in [-0.39, 0.29) is 0 Å². The van der Waals surface area contributed by atoms with Crippen LogP contribution in [-0.4, -0.2) is 42.8 Å². The van der Waals surface area contributed by atoms with E-state index in [0.717, 1.165) is 0 Å². The Morgan fingerprint density at radius 2 is 2.05 bits per heavy atom. The third-order valence-corrected chi connectivity index (χ3v) is 2.90. The van der Waals surface area contributed by atoms with E-state index in [4.69, 9.17) is 4.74 Å². The molecule has 0 unspecified atom stereocenters. The van der Waals surface area contributed by atoms with Crippen molar-refractivity contribution >= 4 is 28.5 Å². The molecule has 0 radical (unpaired) electrons. The van der Waals surface area contributed by atoms with Crippen molar-refractivity contribution in [2.24, 2.45) is 0 Å². The van der Waals surface area contributed by atoms with Crippen LogP contribution in [0.25, 0.3) is 0 Å². The summed E-state index contributed by atoms with van der Waals surface area (Å²) >= 11 is 1.19. The fourth-order valence-electron chi connectivity index (χ4n) is 1.20. The molecule has 0 fully saturated rings. The summed E-state index contributed by atoms with van der Waals surface area (Å²) in [5, 5.41) is 6.20. The van der Waals surface area contributed by atoms with Crippen LogP contribution in [0.5, 0.6) is 0 Å². The lowest BCUT2D eigenvalue weighted by Crippen LogP contribution is -2.34. The molecular formula is C12H19N3O4S. The van der Waals surface area contributed by atoms with Gasteiger partial charge in [-0.25, -0.2) is 14.6 Å². The van der Waals surface area contributed by atoms with Gasteiger partial charge in [0.25, 0.3) is 0 Å². The molecule has 2 N–H and O–H groups in total. The van der Waals surface area contributed by atoms with Crippen LogP contribution < -0.4 is 10.6 Å². The number of alkyl carbamates (subject to hydrolysis) is 1. The predicted molar refractivity (Wildman–Crippen MR) is 76.2 cm³/mol. The summed E-state index contributed by atoms with van der Waals surface area (Å²) in [7, 11) is 1.32. The van der Waals surface area contributed by atoms with Crippen molar-refractivity contribution in [3.05, 3.63) is 11.1 Å². The van der Waals surface area contributed by atoms with Gasteiger partial charge in [0.15, 0.2) is 5.13 Å². The van der Waals surface area contributed by atoms with Crippen LogP contribution >= 0.6 is 11.3 Å². The van der Waals surface area contributed by atoms with Crippen molar-refractivity contribution < 1.29 is 19.1 Å². The quantitative estimate of drug-likeness (QED) is 0.637. The SMILES string of the molecule is COC(=O)c1cnc(NCCNC(=O)OC(C)(C)C)s1. The molecule has 1 aromatic rings. The number of amides is 1. The third-order valence-electron chi connectivity index (χ3n) is 1.96. The number of ether oxygens (including phenoxy) is 2. The van der Waals surface area contributed by atoms with Gasteiger partial charge in [0.05, 0.1) is 13.3 Å². The number of carbonyl (C=O) groups excluding carboxylic acids is 2. The maximum absolute atomic E-state index is 11.4. The molecule has 0 spiro atoms. The Labute approximate surface area is 121 Å². The first kappa shape index (κ1) is 16.2. The fraction of sp³-hybridized carbons (Fsp3) is 0.583. The molecule has 1 heterocycles. The van der Waals surface area contributed by atoms with E-state index in [1.165, 1.54) is 24.6 Å². The number of carbonyl (C=O) groups is 2. The van der Waals surface area contributed by atoms with Crippen LogP contribution in [0.3, 0.4) is 0 Å². The molecule has 1 amide bonds. The van der Waals surface area contributed by atoms with E-state index < -0.39 is 17.7 Å². The second-order valence-corrected chi connectivity index (χ2v) is 5.91. The van der Waals surface area contributed by atoms with Gasteiger partial charge < -0.3 is 20.1 Å². The van der Waals surface area contributed by atoms with Gasteiger partial charge in [-0.15, -0.1) is 0 Å². The number of hydrogen-bond donors (Lipinski definition) is 2. The third kappa shape index (κ3) is 5.87. The molecule has 0 aliphatic rings. The van der Waals surface area contributed by atoms with Gasteiger partial charge in [-0.05, 0) is 20.8 Å². The first-order chi connectivity index (χ1) is 9.31. The van der Waals surface area contributed by atoms with Crippen LogP contribution in [0, 0.1) is 0 Å². The van der Waals surface area contributed by atoms with Crippen LogP contribution in [-0.2, 0) is 9.47 Å². The normalized spacial score (nSPS) is 10.8. The first-order valence-electron chi connectivity index (χ1n) is 6.06. The number of rotatable bonds is 5. The maximum Gasteiger partial charge on any atom is 0.407 e. The molecule has 0 saturated carbocycles. The predicted octanol–water partition coefficient (Wildman–Crippen LogP) is 1.87. The van der Waals surface area contributed by atoms with Crippen molar-refractivity contribution in [2.45, 2.75) is 26.4 Å². The standard InChI is InChI=1S/C12H19N3O4S/c1-12(2,3)19-11(17)14-6-5-13-10-15-7-8(20-10)9(16)18-4/h7H,5-6H2,1-4H3,(H,13,15)(H,14,17). The highest BCUT2D eigenvalue weighted by Crippen LogP contribution is 2.18. The zero-order chi connectivity index (χ0) is 15.2. The summed E-state index contributed by atoms with van der Waals surface area (Å²) in [6.07, 6.45) is 0.980. The summed E-state index contributed by atoms with van der Waals surface area (Å²) in [5.41, 5.74) is -0.512. The second-order valence-electron chi connectivity index (χ2n) is 4.88. The Kier molecular flexibility index (Phi) is 5.75. The zero-order valence-electron chi connectivity index (χ0n) is 12.0. The maximum atomic E-state index is 11.4. The Hall–Kier alpha value is -1.83. The molecule has 0 aliphatic carbocycles. The van der Waals surface area contributed by atoms with E-state index in [1.54, 1.807) is 20.8 Å². The summed E-state index contributed by atoms with van der Waals surface area (Å²) < 4.78 is 9.67. The number of methoxy groups -OCH3 is 1. The molecule has 20 heavy (non-hydrogen) atoms. The van der Waals surface area contributed by atoms with Crippen LogP contribution in [0.1, 0.15) is 30.4 Å². The molecule has 7 nitrogen and oxygen atoms in total. The Balaban J connectivity index is 2.26.